The molecular weight excluding hydrogens is 389 g/mol. The smallest absolute Gasteiger partial charge is 0.264 e. The Bertz CT molecular complexity index is 828. The monoisotopic (exact) mass is 417 g/mol. The molecule has 0 bridgehead atoms. The minimum absolute atomic E-state index is 0.302. The van der Waals surface area contributed by atoms with Crippen LogP contribution in [0.15, 0.2) is 27.5 Å². The van der Waals surface area contributed by atoms with Gasteiger partial charge in [0, 0.05) is 29.1 Å². The average Bonchev–Trinajstić information content (AvgIpc) is 3.06. The first-order valence-corrected chi connectivity index (χ1v) is 11.9. The normalized spacial score (nSPS) is 14.6. The Morgan fingerprint density at radius 3 is 2.22 bits per heavy atom. The summed E-state index contributed by atoms with van der Waals surface area (Å²) in [6.45, 7) is 9.75. The molecule has 0 atom stereocenters. The van der Waals surface area contributed by atoms with Crippen LogP contribution in [0, 0.1) is 12.7 Å². The van der Waals surface area contributed by atoms with E-state index in [1.807, 2.05) is 27.7 Å². The first kappa shape index (κ1) is 23.6. The maximum atomic E-state index is 14.1. The Balaban J connectivity index is 0.000000855. The summed E-state index contributed by atoms with van der Waals surface area (Å²) >= 11 is 0. The number of aromatic nitrogens is 1. The van der Waals surface area contributed by atoms with Gasteiger partial charge in [-0.2, -0.15) is 0 Å². The molecule has 1 saturated carbocycles. The molecule has 0 aliphatic heterocycles. The van der Waals surface area contributed by atoms with E-state index < -0.39 is 19.8 Å². The van der Waals surface area contributed by atoms with Gasteiger partial charge in [-0.1, -0.05) is 47.0 Å². The van der Waals surface area contributed by atoms with Crippen LogP contribution in [0.4, 0.5) is 4.39 Å². The molecule has 1 aliphatic rings. The minimum atomic E-state index is -4.11. The number of hydrogen-bond donors (Lipinski definition) is 0. The molecule has 0 N–H and O–H groups in total. The van der Waals surface area contributed by atoms with Crippen molar-refractivity contribution in [2.24, 2.45) is 0 Å². The predicted octanol–water partition coefficient (Wildman–Crippen LogP) is 6.82. The van der Waals surface area contributed by atoms with Crippen molar-refractivity contribution in [3.63, 3.8) is 0 Å². The van der Waals surface area contributed by atoms with E-state index >= 15 is 0 Å². The Kier molecular flexibility index (Phi) is 9.47. The predicted molar refractivity (Wildman–Crippen MR) is 108 cm³/mol. The summed E-state index contributed by atoms with van der Waals surface area (Å²) in [5.41, 5.74) is 1.32. The van der Waals surface area contributed by atoms with Gasteiger partial charge in [-0.15, -0.1) is 0 Å². The van der Waals surface area contributed by atoms with E-state index in [-0.39, 0.29) is 0 Å². The topological polar surface area (TPSA) is 60.2 Å². The summed E-state index contributed by atoms with van der Waals surface area (Å²) in [5.74, 6) is 0.457. The van der Waals surface area contributed by atoms with Gasteiger partial charge in [0.2, 0.25) is 0 Å². The Hall–Kier alpha value is -1.40. The highest BCUT2D eigenvalue weighted by Crippen LogP contribution is 2.38. The minimum Gasteiger partial charge on any atom is -0.441 e. The molecule has 1 aromatic heterocycles. The highest BCUT2D eigenvalue weighted by molar-refractivity contribution is 8.13. The van der Waals surface area contributed by atoms with Gasteiger partial charge in [0.25, 0.3) is 9.05 Å². The third-order valence-electron chi connectivity index (χ3n) is 4.21. The van der Waals surface area contributed by atoms with E-state index in [1.165, 1.54) is 12.5 Å². The van der Waals surface area contributed by atoms with Crippen LogP contribution in [0.2, 0.25) is 0 Å². The van der Waals surface area contributed by atoms with E-state index in [2.05, 4.69) is 4.98 Å². The van der Waals surface area contributed by atoms with Crippen molar-refractivity contribution in [3.8, 4) is 11.3 Å². The van der Waals surface area contributed by atoms with Gasteiger partial charge in [0.05, 0.1) is 5.69 Å². The Morgan fingerprint density at radius 2 is 1.70 bits per heavy atom. The van der Waals surface area contributed by atoms with Crippen LogP contribution in [-0.4, -0.2) is 13.4 Å². The van der Waals surface area contributed by atoms with Crippen LogP contribution in [-0.2, 0) is 9.05 Å². The molecule has 0 amide bonds. The number of aryl methyl sites for hydroxylation is 1. The van der Waals surface area contributed by atoms with Crippen molar-refractivity contribution in [2.75, 3.05) is 0 Å². The fraction of sp³-hybridized carbons (Fsp3) is 0.550. The molecule has 1 aromatic carbocycles. The van der Waals surface area contributed by atoms with Crippen molar-refractivity contribution >= 4 is 19.7 Å². The molecule has 1 fully saturated rings. The lowest BCUT2D eigenvalue weighted by atomic mass is 9.85. The zero-order valence-corrected chi connectivity index (χ0v) is 18.3. The fourth-order valence-electron chi connectivity index (χ4n) is 3.14. The lowest BCUT2D eigenvalue weighted by Crippen LogP contribution is -2.06. The molecule has 27 heavy (non-hydrogen) atoms. The lowest BCUT2D eigenvalue weighted by Gasteiger charge is -2.20. The molecule has 7 heteroatoms. The van der Waals surface area contributed by atoms with Gasteiger partial charge in [-0.3, -0.25) is 0 Å². The molecular formula is C20H29ClFNO3S. The third-order valence-corrected chi connectivity index (χ3v) is 5.56. The fourth-order valence-corrected chi connectivity index (χ4v) is 4.04. The molecule has 2 aromatic rings. The van der Waals surface area contributed by atoms with Gasteiger partial charge in [-0.25, -0.2) is 17.8 Å². The Morgan fingerprint density at radius 1 is 1.11 bits per heavy atom. The molecule has 1 aliphatic carbocycles. The summed E-state index contributed by atoms with van der Waals surface area (Å²) in [6.07, 6.45) is 5.59. The summed E-state index contributed by atoms with van der Waals surface area (Å²) in [5, 5.41) is 0. The van der Waals surface area contributed by atoms with Gasteiger partial charge >= 0.3 is 0 Å². The van der Waals surface area contributed by atoms with Gasteiger partial charge < -0.3 is 4.42 Å². The summed E-state index contributed by atoms with van der Waals surface area (Å²) in [6, 6.07) is 3.81. The Labute approximate surface area is 166 Å². The zero-order valence-electron chi connectivity index (χ0n) is 16.7. The van der Waals surface area contributed by atoms with Crippen molar-refractivity contribution in [3.05, 3.63) is 35.6 Å². The molecule has 152 valence electrons. The number of oxazole rings is 1. The van der Waals surface area contributed by atoms with Crippen molar-refractivity contribution < 1.29 is 17.2 Å². The molecule has 0 unspecified atom stereocenters. The summed E-state index contributed by atoms with van der Waals surface area (Å²) < 4.78 is 42.4. The zero-order chi connectivity index (χ0) is 20.6. The quantitative estimate of drug-likeness (QED) is 0.514. The number of hydrogen-bond acceptors (Lipinski definition) is 4. The van der Waals surface area contributed by atoms with E-state index in [4.69, 9.17) is 15.1 Å². The van der Waals surface area contributed by atoms with Crippen LogP contribution in [0.1, 0.15) is 77.3 Å². The third kappa shape index (κ3) is 6.04. The van der Waals surface area contributed by atoms with Crippen molar-refractivity contribution in [1.82, 2.24) is 4.98 Å². The molecule has 0 saturated heterocycles. The maximum Gasteiger partial charge on any atom is 0.264 e. The van der Waals surface area contributed by atoms with Gasteiger partial charge in [0.1, 0.15) is 10.7 Å². The first-order valence-electron chi connectivity index (χ1n) is 9.58. The lowest BCUT2D eigenvalue weighted by molar-refractivity contribution is 0.436. The van der Waals surface area contributed by atoms with E-state index in [0.717, 1.165) is 43.5 Å². The van der Waals surface area contributed by atoms with Gasteiger partial charge in [-0.05, 0) is 31.0 Å². The van der Waals surface area contributed by atoms with Crippen LogP contribution < -0.4 is 0 Å². The van der Waals surface area contributed by atoms with E-state index in [0.29, 0.717) is 23.1 Å². The van der Waals surface area contributed by atoms with Crippen LogP contribution in [0.5, 0.6) is 0 Å². The highest BCUT2D eigenvalue weighted by atomic mass is 35.7. The number of rotatable bonds is 3. The highest BCUT2D eigenvalue weighted by Gasteiger charge is 2.25. The second-order valence-electron chi connectivity index (χ2n) is 5.87. The molecule has 1 heterocycles. The molecule has 3 rings (SSSR count). The molecule has 0 spiro atoms. The number of benzene rings is 1. The van der Waals surface area contributed by atoms with Crippen molar-refractivity contribution in [2.45, 2.75) is 77.5 Å². The average molecular weight is 418 g/mol. The first-order chi connectivity index (χ1) is 12.9. The summed E-state index contributed by atoms with van der Waals surface area (Å²) in [7, 11) is 1.11. The second kappa shape index (κ2) is 10.8. The number of nitrogens with zero attached hydrogens (tertiary/aromatic N) is 1. The molecule has 0 radical (unpaired) electrons. The van der Waals surface area contributed by atoms with Crippen LogP contribution >= 0.6 is 10.7 Å². The SMILES string of the molecule is CC.CC.Cc1nc(C2CCCCC2)c(-c2ccc(S(=O)(=O)Cl)c(F)c2)o1. The summed E-state index contributed by atoms with van der Waals surface area (Å²) in [4.78, 5) is 3.95. The van der Waals surface area contributed by atoms with Crippen LogP contribution in [0.25, 0.3) is 11.3 Å². The largest absolute Gasteiger partial charge is 0.441 e. The van der Waals surface area contributed by atoms with Gasteiger partial charge in [0.15, 0.2) is 11.7 Å². The maximum absolute atomic E-state index is 14.1. The number of halogens is 2. The van der Waals surface area contributed by atoms with Crippen LogP contribution in [0.3, 0.4) is 0 Å². The van der Waals surface area contributed by atoms with Crippen molar-refractivity contribution in [1.29, 1.82) is 0 Å². The van der Waals surface area contributed by atoms with E-state index in [9.17, 15) is 12.8 Å². The van der Waals surface area contributed by atoms with E-state index in [1.54, 1.807) is 6.92 Å². The molecule has 4 nitrogen and oxygen atoms in total. The standard InChI is InChI=1S/C16H17ClFNO3S.2C2H6/c1-10-19-15(11-5-3-2-4-6-11)16(22-10)12-7-8-14(13(18)9-12)23(17,20)21;2*1-2/h7-9,11H,2-6H2,1H3;2*1-2H3. The second-order valence-corrected chi connectivity index (χ2v) is 8.40.